The van der Waals surface area contributed by atoms with Gasteiger partial charge in [-0.05, 0) is 69.4 Å². The largest absolute Gasteiger partial charge is 0.342 e. The van der Waals surface area contributed by atoms with Crippen molar-refractivity contribution in [3.63, 3.8) is 0 Å². The fourth-order valence-electron chi connectivity index (χ4n) is 4.72. The molecule has 1 aliphatic carbocycles. The molecule has 3 atom stereocenters. The van der Waals surface area contributed by atoms with Crippen LogP contribution in [0, 0.1) is 17.8 Å². The average molecular weight is 322 g/mol. The Bertz CT molecular complexity index is 392. The molecule has 0 bridgehead atoms. The summed E-state index contributed by atoms with van der Waals surface area (Å²) in [7, 11) is 0. The van der Waals surface area contributed by atoms with Gasteiger partial charge in [0.2, 0.25) is 5.91 Å². The Balaban J connectivity index is 1.44. The minimum atomic E-state index is 0.259. The lowest BCUT2D eigenvalue weighted by molar-refractivity contribution is -0.134. The number of piperidine rings is 2. The molecule has 3 fully saturated rings. The van der Waals surface area contributed by atoms with Gasteiger partial charge < -0.3 is 15.5 Å². The Morgan fingerprint density at radius 1 is 1.04 bits per heavy atom. The van der Waals surface area contributed by atoms with E-state index in [9.17, 15) is 4.79 Å². The van der Waals surface area contributed by atoms with Crippen molar-refractivity contribution in [2.45, 2.75) is 64.3 Å². The lowest BCUT2D eigenvalue weighted by Gasteiger charge is -2.38. The van der Waals surface area contributed by atoms with Crippen LogP contribution < -0.4 is 5.73 Å². The number of nitrogens with two attached hydrogens (primary N) is 1. The van der Waals surface area contributed by atoms with Gasteiger partial charge >= 0.3 is 0 Å². The third kappa shape index (κ3) is 4.69. The van der Waals surface area contributed by atoms with E-state index in [1.165, 1.54) is 51.7 Å². The molecular formula is C19H35N3O. The van der Waals surface area contributed by atoms with Crippen LogP contribution in [-0.2, 0) is 4.79 Å². The molecule has 1 amide bonds. The monoisotopic (exact) mass is 321 g/mol. The van der Waals surface area contributed by atoms with E-state index in [0.717, 1.165) is 31.8 Å². The Kier molecular flexibility index (Phi) is 5.97. The summed E-state index contributed by atoms with van der Waals surface area (Å²) in [5, 5.41) is 0. The van der Waals surface area contributed by atoms with Crippen molar-refractivity contribution < 1.29 is 4.79 Å². The number of carbonyl (C=O) groups is 1. The first-order chi connectivity index (χ1) is 11.1. The van der Waals surface area contributed by atoms with E-state index in [1.54, 1.807) is 0 Å². The maximum atomic E-state index is 12.6. The van der Waals surface area contributed by atoms with Crippen molar-refractivity contribution in [3.8, 4) is 0 Å². The van der Waals surface area contributed by atoms with E-state index in [4.69, 9.17) is 5.73 Å². The highest BCUT2D eigenvalue weighted by Crippen LogP contribution is 2.28. The molecule has 4 heteroatoms. The van der Waals surface area contributed by atoms with E-state index in [2.05, 4.69) is 16.7 Å². The van der Waals surface area contributed by atoms with Crippen LogP contribution in [0.1, 0.15) is 58.3 Å². The number of hydrogen-bond donors (Lipinski definition) is 1. The van der Waals surface area contributed by atoms with E-state index < -0.39 is 0 Å². The van der Waals surface area contributed by atoms with Crippen LogP contribution in [0.15, 0.2) is 0 Å². The topological polar surface area (TPSA) is 49.6 Å². The average Bonchev–Trinajstić information content (AvgIpc) is 2.95. The first-order valence-corrected chi connectivity index (χ1v) is 9.87. The molecule has 2 N–H and O–H groups in total. The molecular weight excluding hydrogens is 286 g/mol. The van der Waals surface area contributed by atoms with Gasteiger partial charge in [0.1, 0.15) is 0 Å². The van der Waals surface area contributed by atoms with E-state index in [-0.39, 0.29) is 6.04 Å². The van der Waals surface area contributed by atoms with Crippen molar-refractivity contribution >= 4 is 5.91 Å². The molecule has 3 aliphatic rings. The van der Waals surface area contributed by atoms with Gasteiger partial charge in [-0.25, -0.2) is 0 Å². The van der Waals surface area contributed by atoms with Crippen molar-refractivity contribution in [3.05, 3.63) is 0 Å². The Morgan fingerprint density at radius 2 is 1.83 bits per heavy atom. The summed E-state index contributed by atoms with van der Waals surface area (Å²) in [4.78, 5) is 17.4. The molecule has 4 nitrogen and oxygen atoms in total. The molecule has 2 aliphatic heterocycles. The molecule has 3 rings (SSSR count). The van der Waals surface area contributed by atoms with Crippen LogP contribution in [0.5, 0.6) is 0 Å². The van der Waals surface area contributed by atoms with Crippen molar-refractivity contribution in [2.24, 2.45) is 23.5 Å². The highest BCUT2D eigenvalue weighted by atomic mass is 16.2. The summed E-state index contributed by atoms with van der Waals surface area (Å²) in [6.07, 6.45) is 9.30. The second-order valence-corrected chi connectivity index (χ2v) is 8.39. The quantitative estimate of drug-likeness (QED) is 0.865. The van der Waals surface area contributed by atoms with E-state index in [1.807, 2.05) is 0 Å². The lowest BCUT2D eigenvalue weighted by Crippen LogP contribution is -2.46. The second-order valence-electron chi connectivity index (χ2n) is 8.39. The minimum Gasteiger partial charge on any atom is -0.342 e. The maximum absolute atomic E-state index is 12.6. The highest BCUT2D eigenvalue weighted by Gasteiger charge is 2.30. The zero-order valence-electron chi connectivity index (χ0n) is 14.9. The molecule has 0 aromatic rings. The normalized spacial score (nSPS) is 34.0. The van der Waals surface area contributed by atoms with Gasteiger partial charge in [-0.15, -0.1) is 0 Å². The summed E-state index contributed by atoms with van der Waals surface area (Å²) in [5.41, 5.74) is 6.14. The number of likely N-dealkylation sites (tertiary alicyclic amines) is 2. The number of hydrogen-bond acceptors (Lipinski definition) is 3. The van der Waals surface area contributed by atoms with Crippen LogP contribution in [0.4, 0.5) is 0 Å². The summed E-state index contributed by atoms with van der Waals surface area (Å²) < 4.78 is 0. The van der Waals surface area contributed by atoms with Crippen molar-refractivity contribution in [1.29, 1.82) is 0 Å². The first-order valence-electron chi connectivity index (χ1n) is 9.87. The predicted molar refractivity (Wildman–Crippen MR) is 94.1 cm³/mol. The molecule has 132 valence electrons. The number of rotatable bonds is 4. The fourth-order valence-corrected chi connectivity index (χ4v) is 4.72. The summed E-state index contributed by atoms with van der Waals surface area (Å²) in [6.45, 7) is 8.01. The molecule has 0 aromatic heterocycles. The predicted octanol–water partition coefficient (Wildman–Crippen LogP) is 2.47. The third-order valence-corrected chi connectivity index (χ3v) is 6.42. The summed E-state index contributed by atoms with van der Waals surface area (Å²) in [6, 6.07) is 0.259. The molecule has 2 heterocycles. The van der Waals surface area contributed by atoms with Crippen molar-refractivity contribution in [2.75, 3.05) is 32.7 Å². The van der Waals surface area contributed by atoms with E-state index in [0.29, 0.717) is 24.2 Å². The fraction of sp³-hybridized carbons (Fsp3) is 0.947. The molecule has 1 unspecified atom stereocenters. The van der Waals surface area contributed by atoms with Crippen LogP contribution in [0.3, 0.4) is 0 Å². The van der Waals surface area contributed by atoms with Gasteiger partial charge in [-0.2, -0.15) is 0 Å². The van der Waals surface area contributed by atoms with Gasteiger partial charge in [0.15, 0.2) is 0 Å². The smallest absolute Gasteiger partial charge is 0.222 e. The van der Waals surface area contributed by atoms with Crippen LogP contribution in [-0.4, -0.2) is 54.5 Å². The molecule has 0 spiro atoms. The third-order valence-electron chi connectivity index (χ3n) is 6.42. The van der Waals surface area contributed by atoms with E-state index >= 15 is 0 Å². The zero-order valence-corrected chi connectivity index (χ0v) is 14.9. The van der Waals surface area contributed by atoms with Crippen LogP contribution in [0.2, 0.25) is 0 Å². The van der Waals surface area contributed by atoms with Crippen LogP contribution in [0.25, 0.3) is 0 Å². The van der Waals surface area contributed by atoms with Crippen molar-refractivity contribution in [1.82, 2.24) is 9.80 Å². The molecule has 0 radical (unpaired) electrons. The summed E-state index contributed by atoms with van der Waals surface area (Å²) >= 11 is 0. The Hall–Kier alpha value is -0.610. The zero-order chi connectivity index (χ0) is 16.2. The maximum Gasteiger partial charge on any atom is 0.222 e. The Labute approximate surface area is 141 Å². The van der Waals surface area contributed by atoms with Crippen LogP contribution >= 0.6 is 0 Å². The molecule has 23 heavy (non-hydrogen) atoms. The first kappa shape index (κ1) is 17.2. The molecule has 0 aromatic carbocycles. The van der Waals surface area contributed by atoms with Gasteiger partial charge in [0.05, 0.1) is 0 Å². The lowest BCUT2D eigenvalue weighted by atomic mass is 9.93. The van der Waals surface area contributed by atoms with Gasteiger partial charge in [0, 0.05) is 32.1 Å². The molecule has 1 saturated carbocycles. The van der Waals surface area contributed by atoms with Gasteiger partial charge in [-0.3, -0.25) is 4.79 Å². The Morgan fingerprint density at radius 3 is 2.52 bits per heavy atom. The SMILES string of the molecule is CC1CCN(CC2CCCN(C(=O)C[C@@H]3CCC[C@H]3N)C2)CC1. The minimum absolute atomic E-state index is 0.259. The standard InChI is InChI=1S/C19H35N3O/c1-15-7-10-21(11-8-15)13-16-4-3-9-22(14-16)19(23)12-17-5-2-6-18(17)20/h15-18H,2-14,20H2,1H3/t16?,17-,18+/m0/s1. The highest BCUT2D eigenvalue weighted by molar-refractivity contribution is 5.76. The van der Waals surface area contributed by atoms with Gasteiger partial charge in [-0.1, -0.05) is 13.3 Å². The van der Waals surface area contributed by atoms with Gasteiger partial charge in [0.25, 0.3) is 0 Å². The number of amides is 1. The second kappa shape index (κ2) is 7.98. The number of nitrogens with zero attached hydrogens (tertiary/aromatic N) is 2. The summed E-state index contributed by atoms with van der Waals surface area (Å²) in [5.74, 6) is 2.38. The molecule has 2 saturated heterocycles. The number of carbonyl (C=O) groups excluding carboxylic acids is 1.